The largest absolute Gasteiger partial charge is 0.451 e. The first kappa shape index (κ1) is 18.4. The van der Waals surface area contributed by atoms with E-state index >= 15 is 0 Å². The van der Waals surface area contributed by atoms with Gasteiger partial charge in [0, 0.05) is 29.1 Å². The van der Waals surface area contributed by atoms with Crippen molar-refractivity contribution < 1.29 is 18.0 Å². The Labute approximate surface area is 165 Å². The summed E-state index contributed by atoms with van der Waals surface area (Å²) < 4.78 is 31.1. The van der Waals surface area contributed by atoms with Crippen LogP contribution in [0.3, 0.4) is 0 Å². The Morgan fingerprint density at radius 2 is 1.96 bits per heavy atom. The number of hydrogen-bond acceptors (Lipinski definition) is 8. The van der Waals surface area contributed by atoms with Crippen LogP contribution in [0.25, 0.3) is 11.0 Å². The van der Waals surface area contributed by atoms with Crippen molar-refractivity contribution >= 4 is 45.1 Å². The zero-order chi connectivity index (χ0) is 19.5. The molecule has 1 amide bonds. The maximum atomic E-state index is 12.7. The standard InChI is InChI=1S/C17H11F2N5O2S2/c18-13(19)15-23-24-17(28-15)22-14(25)12-10(8-27-16-20-6-3-7-21-16)9-4-1-2-5-11(9)26-12/h1-7,13H,8H2,(H,22,24,25). The number of furan rings is 1. The van der Waals surface area contributed by atoms with Crippen molar-refractivity contribution in [2.75, 3.05) is 5.32 Å². The van der Waals surface area contributed by atoms with E-state index < -0.39 is 17.3 Å². The van der Waals surface area contributed by atoms with Crippen LogP contribution >= 0.6 is 23.1 Å². The van der Waals surface area contributed by atoms with E-state index in [9.17, 15) is 13.6 Å². The van der Waals surface area contributed by atoms with Crippen molar-refractivity contribution in [1.82, 2.24) is 20.2 Å². The van der Waals surface area contributed by atoms with Gasteiger partial charge in [-0.3, -0.25) is 10.1 Å². The second-order valence-corrected chi connectivity index (χ2v) is 7.38. The molecule has 28 heavy (non-hydrogen) atoms. The van der Waals surface area contributed by atoms with Crippen LogP contribution in [0.15, 0.2) is 52.3 Å². The minimum atomic E-state index is -2.74. The van der Waals surface area contributed by atoms with Crippen LogP contribution < -0.4 is 5.32 Å². The number of rotatable bonds is 6. The quantitative estimate of drug-likeness (QED) is 0.362. The SMILES string of the molecule is O=C(Nc1nnc(C(F)F)s1)c1oc2ccccc2c1CSc1ncccn1. The maximum Gasteiger partial charge on any atom is 0.293 e. The molecule has 7 nitrogen and oxygen atoms in total. The first-order valence-electron chi connectivity index (χ1n) is 7.95. The number of carbonyl (C=O) groups is 1. The van der Waals surface area contributed by atoms with Crippen molar-refractivity contribution in [2.24, 2.45) is 0 Å². The van der Waals surface area contributed by atoms with Gasteiger partial charge in [-0.05, 0) is 12.1 Å². The van der Waals surface area contributed by atoms with Crippen molar-refractivity contribution in [3.05, 3.63) is 59.1 Å². The summed E-state index contributed by atoms with van der Waals surface area (Å²) >= 11 is 1.97. The van der Waals surface area contributed by atoms with Crippen molar-refractivity contribution in [1.29, 1.82) is 0 Å². The molecule has 1 N–H and O–H groups in total. The number of para-hydroxylation sites is 1. The summed E-state index contributed by atoms with van der Waals surface area (Å²) in [6, 6.07) is 8.94. The van der Waals surface area contributed by atoms with Crippen molar-refractivity contribution in [3.8, 4) is 0 Å². The van der Waals surface area contributed by atoms with Crippen LogP contribution in [0.2, 0.25) is 0 Å². The Hall–Kier alpha value is -2.92. The number of hydrogen-bond donors (Lipinski definition) is 1. The Balaban J connectivity index is 1.62. The minimum Gasteiger partial charge on any atom is -0.451 e. The number of fused-ring (bicyclic) bond motifs is 1. The Morgan fingerprint density at radius 1 is 1.18 bits per heavy atom. The Kier molecular flexibility index (Phi) is 5.26. The molecule has 0 unspecified atom stereocenters. The van der Waals surface area contributed by atoms with E-state index in [2.05, 4.69) is 25.5 Å². The van der Waals surface area contributed by atoms with Gasteiger partial charge in [0.1, 0.15) is 5.58 Å². The molecule has 0 bridgehead atoms. The molecule has 0 aliphatic carbocycles. The highest BCUT2D eigenvalue weighted by Crippen LogP contribution is 2.32. The topological polar surface area (TPSA) is 93.8 Å². The number of amides is 1. The monoisotopic (exact) mass is 419 g/mol. The average molecular weight is 419 g/mol. The van der Waals surface area contributed by atoms with E-state index in [-0.39, 0.29) is 10.9 Å². The molecule has 0 saturated carbocycles. The van der Waals surface area contributed by atoms with Gasteiger partial charge in [-0.2, -0.15) is 0 Å². The molecule has 0 radical (unpaired) electrons. The molecule has 1 aromatic carbocycles. The molecule has 4 rings (SSSR count). The fourth-order valence-electron chi connectivity index (χ4n) is 2.45. The fraction of sp³-hybridized carbons (Fsp3) is 0.118. The number of aromatic nitrogens is 4. The smallest absolute Gasteiger partial charge is 0.293 e. The van der Waals surface area contributed by atoms with Crippen LogP contribution in [0.4, 0.5) is 13.9 Å². The summed E-state index contributed by atoms with van der Waals surface area (Å²) in [4.78, 5) is 21.0. The van der Waals surface area contributed by atoms with Gasteiger partial charge in [0.05, 0.1) is 0 Å². The predicted octanol–water partition coefficient (Wildman–Crippen LogP) is 4.56. The van der Waals surface area contributed by atoms with E-state index in [1.165, 1.54) is 11.8 Å². The molecule has 0 fully saturated rings. The molecule has 11 heteroatoms. The lowest BCUT2D eigenvalue weighted by molar-refractivity contribution is 0.0997. The van der Waals surface area contributed by atoms with Gasteiger partial charge in [0.25, 0.3) is 12.3 Å². The highest BCUT2D eigenvalue weighted by molar-refractivity contribution is 7.98. The van der Waals surface area contributed by atoms with E-state index in [0.29, 0.717) is 33.4 Å². The summed E-state index contributed by atoms with van der Waals surface area (Å²) in [5, 5.41) is 10.3. The van der Waals surface area contributed by atoms with Gasteiger partial charge in [0.15, 0.2) is 15.9 Å². The zero-order valence-corrected chi connectivity index (χ0v) is 15.6. The normalized spacial score (nSPS) is 11.2. The molecule has 3 aromatic heterocycles. The van der Waals surface area contributed by atoms with Crippen molar-refractivity contribution in [2.45, 2.75) is 17.3 Å². The van der Waals surface area contributed by atoms with E-state index in [0.717, 1.165) is 5.39 Å². The molecular formula is C17H11F2N5O2S2. The number of benzene rings is 1. The Morgan fingerprint density at radius 3 is 2.71 bits per heavy atom. The molecular weight excluding hydrogens is 408 g/mol. The lowest BCUT2D eigenvalue weighted by atomic mass is 10.1. The number of nitrogens with one attached hydrogen (secondary N) is 1. The molecule has 3 heterocycles. The molecule has 0 aliphatic rings. The molecule has 4 aromatic rings. The van der Waals surface area contributed by atoms with Crippen LogP contribution in [-0.4, -0.2) is 26.1 Å². The lowest BCUT2D eigenvalue weighted by Crippen LogP contribution is -2.12. The molecule has 0 saturated heterocycles. The van der Waals surface area contributed by atoms with Crippen LogP contribution in [-0.2, 0) is 5.75 Å². The predicted molar refractivity (Wildman–Crippen MR) is 101 cm³/mol. The number of anilines is 1. The summed E-state index contributed by atoms with van der Waals surface area (Å²) in [6.07, 6.45) is 0.520. The molecule has 142 valence electrons. The van der Waals surface area contributed by atoms with Gasteiger partial charge < -0.3 is 4.42 Å². The fourth-order valence-corrected chi connectivity index (χ4v) is 3.87. The third-order valence-corrected chi connectivity index (χ3v) is 5.39. The summed E-state index contributed by atoms with van der Waals surface area (Å²) in [5.41, 5.74) is 1.20. The van der Waals surface area contributed by atoms with Gasteiger partial charge in [-0.1, -0.05) is 41.3 Å². The summed E-state index contributed by atoms with van der Waals surface area (Å²) in [7, 11) is 0. The number of nitrogens with zero attached hydrogens (tertiary/aromatic N) is 4. The van der Waals surface area contributed by atoms with Gasteiger partial charge >= 0.3 is 0 Å². The minimum absolute atomic E-state index is 0.0225. The van der Waals surface area contributed by atoms with E-state index in [4.69, 9.17) is 4.42 Å². The van der Waals surface area contributed by atoms with Gasteiger partial charge in [-0.25, -0.2) is 18.7 Å². The summed E-state index contributed by atoms with van der Waals surface area (Å²) in [5.74, 6) is -0.112. The Bertz CT molecular complexity index is 1120. The number of halogens is 2. The molecule has 0 atom stereocenters. The summed E-state index contributed by atoms with van der Waals surface area (Å²) in [6.45, 7) is 0. The van der Waals surface area contributed by atoms with E-state index in [1.807, 2.05) is 12.1 Å². The first-order valence-corrected chi connectivity index (χ1v) is 9.75. The highest BCUT2D eigenvalue weighted by Gasteiger charge is 2.23. The maximum absolute atomic E-state index is 12.7. The highest BCUT2D eigenvalue weighted by atomic mass is 32.2. The second-order valence-electron chi connectivity index (χ2n) is 5.43. The van der Waals surface area contributed by atoms with Crippen molar-refractivity contribution in [3.63, 3.8) is 0 Å². The number of carbonyl (C=O) groups excluding carboxylic acids is 1. The molecule has 0 aliphatic heterocycles. The van der Waals surface area contributed by atoms with Crippen LogP contribution in [0.5, 0.6) is 0 Å². The average Bonchev–Trinajstić information content (AvgIpc) is 3.32. The third-order valence-electron chi connectivity index (χ3n) is 3.64. The van der Waals surface area contributed by atoms with Crippen LogP contribution in [0, 0.1) is 0 Å². The number of alkyl halides is 2. The third kappa shape index (κ3) is 3.85. The van der Waals surface area contributed by atoms with E-state index in [1.54, 1.807) is 30.6 Å². The zero-order valence-electron chi connectivity index (χ0n) is 14.0. The van der Waals surface area contributed by atoms with Gasteiger partial charge in [-0.15, -0.1) is 10.2 Å². The second kappa shape index (κ2) is 7.98. The first-order chi connectivity index (χ1) is 13.6. The van der Waals surface area contributed by atoms with Gasteiger partial charge in [0.2, 0.25) is 5.13 Å². The number of thioether (sulfide) groups is 1. The lowest BCUT2D eigenvalue weighted by Gasteiger charge is -2.03. The van der Waals surface area contributed by atoms with Crippen LogP contribution in [0.1, 0.15) is 27.6 Å². The molecule has 0 spiro atoms.